The maximum absolute atomic E-state index is 13.0. The average Bonchev–Trinajstić information content (AvgIpc) is 3.41. The second-order valence-corrected chi connectivity index (χ2v) is 26.4. The van der Waals surface area contributed by atoms with E-state index in [-0.39, 0.29) is 19.1 Å². The van der Waals surface area contributed by atoms with Crippen LogP contribution in [0.25, 0.3) is 0 Å². The Morgan fingerprint density at radius 3 is 1.03 bits per heavy atom. The number of phosphoric ester groups is 1. The van der Waals surface area contributed by atoms with E-state index in [4.69, 9.17) is 9.05 Å². The van der Waals surface area contributed by atoms with Gasteiger partial charge in [0.2, 0.25) is 5.91 Å². The van der Waals surface area contributed by atoms with Crippen LogP contribution < -0.4 is 5.32 Å². The van der Waals surface area contributed by atoms with E-state index in [0.29, 0.717) is 17.4 Å². The number of unbranched alkanes of at least 4 members (excludes halogenated alkanes) is 47. The molecule has 9 heteroatoms. The summed E-state index contributed by atoms with van der Waals surface area (Å²) in [6.07, 6.45) is 80.1. The molecule has 0 heterocycles. The number of rotatable bonds is 64. The highest BCUT2D eigenvalue weighted by Gasteiger charge is 2.28. The van der Waals surface area contributed by atoms with Crippen molar-refractivity contribution in [3.63, 3.8) is 0 Å². The summed E-state index contributed by atoms with van der Waals surface area (Å²) in [4.78, 5) is 23.4. The highest BCUT2D eigenvalue weighted by Crippen LogP contribution is 2.43. The molecule has 0 saturated carbocycles. The molecule has 3 atom stereocenters. The molecule has 3 N–H and O–H groups in total. The fourth-order valence-corrected chi connectivity index (χ4v) is 11.2. The number of phosphoric acid groups is 1. The van der Waals surface area contributed by atoms with E-state index >= 15 is 0 Å². The topological polar surface area (TPSA) is 105 Å². The monoisotopic (exact) mass is 1120 g/mol. The van der Waals surface area contributed by atoms with Crippen LogP contribution in [0.3, 0.4) is 0 Å². The number of aliphatic hydroxyl groups excluding tert-OH is 1. The molecular weight excluding hydrogens is 984 g/mol. The second kappa shape index (κ2) is 60.3. The van der Waals surface area contributed by atoms with Crippen molar-refractivity contribution in [1.82, 2.24) is 5.32 Å². The number of aliphatic hydroxyl groups is 1. The van der Waals surface area contributed by atoms with E-state index in [1.807, 2.05) is 27.2 Å². The minimum absolute atomic E-state index is 0.0577. The Labute approximate surface area is 487 Å². The van der Waals surface area contributed by atoms with Crippen molar-refractivity contribution in [3.8, 4) is 0 Å². The lowest BCUT2D eigenvalue weighted by Crippen LogP contribution is -2.45. The van der Waals surface area contributed by atoms with Gasteiger partial charge in [-0.25, -0.2) is 4.57 Å². The molecule has 0 aliphatic carbocycles. The Balaban J connectivity index is 4.10. The summed E-state index contributed by atoms with van der Waals surface area (Å²) >= 11 is 0. The first kappa shape index (κ1) is 76.7. The fraction of sp³-hybridized carbons (Fsp3) is 0.899. The Kier molecular flexibility index (Phi) is 59.3. The quantitative estimate of drug-likeness (QED) is 0.0243. The zero-order valence-electron chi connectivity index (χ0n) is 52.9. The summed E-state index contributed by atoms with van der Waals surface area (Å²) in [5, 5.41) is 14.0. The van der Waals surface area contributed by atoms with Crippen molar-refractivity contribution >= 4 is 13.7 Å². The molecule has 78 heavy (non-hydrogen) atoms. The standard InChI is InChI=1S/C69H135N2O6P/c1-6-8-10-12-14-16-18-20-22-24-26-28-30-32-34-35-37-38-40-42-44-46-48-50-52-54-56-58-60-62-68(72)67(66-77-78(74,75)76-65-64-71(3,4)5)70-69(73)63-61-59-57-55-53-51-49-47-45-43-41-39-36-33-31-29-27-25-23-21-19-17-15-13-11-9-7-2/h25,27,52,54,60,62,67-68,72H,6-24,26,28-51,53,55-59,61,63-66H2,1-5H3,(H-,70,73,74,75)/p+1/b27-25-,54-52+,62-60+. The molecule has 0 aromatic heterocycles. The number of hydrogen-bond donors (Lipinski definition) is 3. The summed E-state index contributed by atoms with van der Waals surface area (Å²) in [7, 11) is 1.57. The third-order valence-electron chi connectivity index (χ3n) is 15.8. The van der Waals surface area contributed by atoms with E-state index in [1.165, 1.54) is 289 Å². The van der Waals surface area contributed by atoms with Gasteiger partial charge < -0.3 is 19.8 Å². The number of nitrogens with one attached hydrogen (secondary N) is 1. The van der Waals surface area contributed by atoms with Crippen LogP contribution in [-0.4, -0.2) is 73.4 Å². The molecule has 0 spiro atoms. The number of nitrogens with zero attached hydrogens (tertiary/aromatic N) is 1. The predicted octanol–water partition coefficient (Wildman–Crippen LogP) is 21.7. The van der Waals surface area contributed by atoms with E-state index in [9.17, 15) is 19.4 Å². The lowest BCUT2D eigenvalue weighted by molar-refractivity contribution is -0.870. The molecule has 1 amide bonds. The van der Waals surface area contributed by atoms with Gasteiger partial charge in [-0.15, -0.1) is 0 Å². The van der Waals surface area contributed by atoms with Crippen molar-refractivity contribution < 1.29 is 32.9 Å². The Morgan fingerprint density at radius 1 is 0.423 bits per heavy atom. The number of carbonyl (C=O) groups excluding carboxylic acids is 1. The van der Waals surface area contributed by atoms with Gasteiger partial charge >= 0.3 is 7.82 Å². The van der Waals surface area contributed by atoms with Gasteiger partial charge in [-0.3, -0.25) is 13.8 Å². The lowest BCUT2D eigenvalue weighted by atomic mass is 10.0. The summed E-state index contributed by atoms with van der Waals surface area (Å²) in [5.74, 6) is -0.181. The Morgan fingerprint density at radius 2 is 0.705 bits per heavy atom. The zero-order chi connectivity index (χ0) is 57.0. The third-order valence-corrected chi connectivity index (χ3v) is 16.8. The maximum Gasteiger partial charge on any atom is 0.472 e. The second-order valence-electron chi connectivity index (χ2n) is 24.9. The summed E-state index contributed by atoms with van der Waals surface area (Å²) in [6.45, 7) is 4.85. The first-order valence-corrected chi connectivity index (χ1v) is 35.9. The summed E-state index contributed by atoms with van der Waals surface area (Å²) in [5.41, 5.74) is 0. The lowest BCUT2D eigenvalue weighted by Gasteiger charge is -2.25. The fourth-order valence-electron chi connectivity index (χ4n) is 10.5. The molecule has 3 unspecified atom stereocenters. The van der Waals surface area contributed by atoms with Gasteiger partial charge in [-0.05, 0) is 57.8 Å². The smallest absolute Gasteiger partial charge is 0.387 e. The van der Waals surface area contributed by atoms with Gasteiger partial charge in [-0.1, -0.05) is 320 Å². The largest absolute Gasteiger partial charge is 0.472 e. The minimum atomic E-state index is -4.36. The number of likely N-dealkylation sites (N-methyl/N-ethyl adjacent to an activating group) is 1. The number of quaternary nitrogens is 1. The van der Waals surface area contributed by atoms with E-state index in [1.54, 1.807) is 6.08 Å². The highest BCUT2D eigenvalue weighted by atomic mass is 31.2. The normalized spacial score (nSPS) is 13.9. The van der Waals surface area contributed by atoms with E-state index < -0.39 is 20.0 Å². The number of allylic oxidation sites excluding steroid dienone is 5. The van der Waals surface area contributed by atoms with Crippen LogP contribution in [0.2, 0.25) is 0 Å². The van der Waals surface area contributed by atoms with Crippen molar-refractivity contribution in [2.24, 2.45) is 0 Å². The van der Waals surface area contributed by atoms with Crippen LogP contribution in [0.4, 0.5) is 0 Å². The summed E-state index contributed by atoms with van der Waals surface area (Å²) in [6, 6.07) is -0.864. The molecule has 0 rings (SSSR count). The molecular formula is C69H136N2O6P+. The van der Waals surface area contributed by atoms with E-state index in [2.05, 4.69) is 43.5 Å². The van der Waals surface area contributed by atoms with Crippen LogP contribution in [-0.2, 0) is 18.4 Å². The maximum atomic E-state index is 13.0. The van der Waals surface area contributed by atoms with Gasteiger partial charge in [0, 0.05) is 6.42 Å². The summed E-state index contributed by atoms with van der Waals surface area (Å²) < 4.78 is 23.8. The number of hydrogen-bond acceptors (Lipinski definition) is 5. The zero-order valence-corrected chi connectivity index (χ0v) is 53.8. The van der Waals surface area contributed by atoms with Crippen molar-refractivity contribution in [2.75, 3.05) is 40.9 Å². The van der Waals surface area contributed by atoms with Crippen LogP contribution in [0.15, 0.2) is 36.5 Å². The van der Waals surface area contributed by atoms with Gasteiger partial charge in [-0.2, -0.15) is 0 Å². The van der Waals surface area contributed by atoms with Crippen LogP contribution in [0, 0.1) is 0 Å². The van der Waals surface area contributed by atoms with Crippen molar-refractivity contribution in [2.45, 2.75) is 360 Å². The Bertz CT molecular complexity index is 1360. The first-order chi connectivity index (χ1) is 38.0. The molecule has 0 saturated heterocycles. The van der Waals surface area contributed by atoms with E-state index in [0.717, 1.165) is 38.5 Å². The molecule has 0 aromatic carbocycles. The molecule has 0 aliphatic heterocycles. The molecule has 0 aliphatic rings. The molecule has 0 bridgehead atoms. The predicted molar refractivity (Wildman–Crippen MR) is 341 cm³/mol. The van der Waals surface area contributed by atoms with Crippen molar-refractivity contribution in [1.29, 1.82) is 0 Å². The van der Waals surface area contributed by atoms with Gasteiger partial charge in [0.1, 0.15) is 13.2 Å². The average molecular weight is 1120 g/mol. The van der Waals surface area contributed by atoms with Gasteiger partial charge in [0.05, 0.1) is 39.9 Å². The van der Waals surface area contributed by atoms with Gasteiger partial charge in [0.15, 0.2) is 0 Å². The molecule has 0 radical (unpaired) electrons. The highest BCUT2D eigenvalue weighted by molar-refractivity contribution is 7.47. The van der Waals surface area contributed by atoms with Crippen LogP contribution >= 0.6 is 7.82 Å². The molecule has 0 aromatic rings. The van der Waals surface area contributed by atoms with Crippen LogP contribution in [0.1, 0.15) is 348 Å². The molecule has 462 valence electrons. The number of carbonyl (C=O) groups is 1. The van der Waals surface area contributed by atoms with Gasteiger partial charge in [0.25, 0.3) is 0 Å². The number of amides is 1. The first-order valence-electron chi connectivity index (χ1n) is 34.4. The van der Waals surface area contributed by atoms with Crippen LogP contribution in [0.5, 0.6) is 0 Å². The minimum Gasteiger partial charge on any atom is -0.387 e. The Hall–Kier alpha value is -1.28. The van der Waals surface area contributed by atoms with Crippen molar-refractivity contribution in [3.05, 3.63) is 36.5 Å². The third kappa shape index (κ3) is 62.3. The molecule has 8 nitrogen and oxygen atoms in total. The SMILES string of the molecule is CCCCCCCCCC/C=C\CCCCCCCCCCCCCCCCCC(=O)NC(COP(=O)(O)OCC[N+](C)(C)C)C(O)/C=C/CC/C=C/CCCCCCCCCCCCCCCCCCCCCCCCC. The molecule has 0 fully saturated rings.